The van der Waals surface area contributed by atoms with Gasteiger partial charge in [0, 0.05) is 37.0 Å². The molecule has 2 N–H and O–H groups in total. The predicted molar refractivity (Wildman–Crippen MR) is 76.4 cm³/mol. The number of nitrogens with one attached hydrogen (secondary N) is 2. The lowest BCUT2D eigenvalue weighted by atomic mass is 10.1. The van der Waals surface area contributed by atoms with Gasteiger partial charge < -0.3 is 4.98 Å². The van der Waals surface area contributed by atoms with Gasteiger partial charge in [0.25, 0.3) is 5.56 Å². The largest absolute Gasteiger partial charge is 0.334 e. The van der Waals surface area contributed by atoms with Crippen LogP contribution in [0.4, 0.5) is 8.78 Å². The molecular formula is C14H13F2N3OS. The average molecular weight is 309 g/mol. The second-order valence-electron chi connectivity index (χ2n) is 5.10. The van der Waals surface area contributed by atoms with Crippen LogP contribution in [0.25, 0.3) is 0 Å². The number of fused-ring (bicyclic) bond motifs is 1. The Balaban J connectivity index is 1.83. The number of benzene rings is 1. The third kappa shape index (κ3) is 3.08. The molecule has 3 rings (SSSR count). The molecule has 0 radical (unpaired) electrons. The summed E-state index contributed by atoms with van der Waals surface area (Å²) in [5.74, 6) is -1.17. The van der Waals surface area contributed by atoms with E-state index < -0.39 is 11.6 Å². The maximum Gasteiger partial charge on any atom is 0.255 e. The van der Waals surface area contributed by atoms with Gasteiger partial charge in [-0.25, -0.2) is 8.78 Å². The van der Waals surface area contributed by atoms with Crippen molar-refractivity contribution in [2.75, 3.05) is 6.54 Å². The van der Waals surface area contributed by atoms with E-state index in [2.05, 4.69) is 9.97 Å². The second kappa shape index (κ2) is 5.50. The first-order valence-electron chi connectivity index (χ1n) is 6.53. The van der Waals surface area contributed by atoms with Gasteiger partial charge in [0.05, 0.1) is 0 Å². The summed E-state index contributed by atoms with van der Waals surface area (Å²) in [6.07, 6.45) is 0.578. The molecule has 1 aromatic carbocycles. The van der Waals surface area contributed by atoms with Gasteiger partial charge in [-0.3, -0.25) is 14.7 Å². The molecule has 1 aromatic heterocycles. The van der Waals surface area contributed by atoms with Gasteiger partial charge in [-0.15, -0.1) is 0 Å². The number of aromatic nitrogens is 2. The van der Waals surface area contributed by atoms with Gasteiger partial charge in [0.15, 0.2) is 4.77 Å². The van der Waals surface area contributed by atoms with Crippen LogP contribution >= 0.6 is 12.2 Å². The summed E-state index contributed by atoms with van der Waals surface area (Å²) in [6.45, 7) is 1.57. The SMILES string of the molecule is O=c1[nH]c(=S)[nH]c2c1CCN(Cc1cc(F)cc(F)c1)C2. The highest BCUT2D eigenvalue weighted by Crippen LogP contribution is 2.17. The number of halogens is 2. The number of hydrogen-bond donors (Lipinski definition) is 2. The van der Waals surface area contributed by atoms with E-state index in [1.807, 2.05) is 4.90 Å². The molecular weight excluding hydrogens is 296 g/mol. The van der Waals surface area contributed by atoms with Crippen LogP contribution in [0.1, 0.15) is 16.8 Å². The Morgan fingerprint density at radius 3 is 2.62 bits per heavy atom. The Morgan fingerprint density at radius 1 is 1.19 bits per heavy atom. The standard InChI is InChI=1S/C14H13F2N3OS/c15-9-3-8(4-10(16)5-9)6-19-2-1-11-12(7-19)17-14(21)18-13(11)20/h3-5H,1-2,6-7H2,(H2,17,18,20,21). The summed E-state index contributed by atoms with van der Waals surface area (Å²) in [5.41, 5.74) is 1.88. The molecule has 0 saturated heterocycles. The Bertz CT molecular complexity index is 779. The van der Waals surface area contributed by atoms with Crippen LogP contribution in [0.3, 0.4) is 0 Å². The van der Waals surface area contributed by atoms with E-state index >= 15 is 0 Å². The topological polar surface area (TPSA) is 51.9 Å². The lowest BCUT2D eigenvalue weighted by molar-refractivity contribution is 0.239. The quantitative estimate of drug-likeness (QED) is 0.837. The lowest BCUT2D eigenvalue weighted by Gasteiger charge is -2.27. The molecule has 2 heterocycles. The molecule has 1 aliphatic rings. The third-order valence-electron chi connectivity index (χ3n) is 3.52. The van der Waals surface area contributed by atoms with E-state index in [1.165, 1.54) is 12.1 Å². The molecule has 0 atom stereocenters. The smallest absolute Gasteiger partial charge is 0.255 e. The molecule has 2 aromatic rings. The fourth-order valence-corrected chi connectivity index (χ4v) is 2.84. The summed E-state index contributed by atoms with van der Waals surface area (Å²) in [7, 11) is 0. The summed E-state index contributed by atoms with van der Waals surface area (Å²) < 4.78 is 26.7. The van der Waals surface area contributed by atoms with Gasteiger partial charge >= 0.3 is 0 Å². The van der Waals surface area contributed by atoms with E-state index in [0.717, 1.165) is 11.8 Å². The first kappa shape index (κ1) is 14.1. The first-order chi connectivity index (χ1) is 10.0. The van der Waals surface area contributed by atoms with Crippen LogP contribution < -0.4 is 5.56 Å². The fourth-order valence-electron chi connectivity index (χ4n) is 2.63. The average Bonchev–Trinajstić information content (AvgIpc) is 2.36. The summed E-state index contributed by atoms with van der Waals surface area (Å²) in [6, 6.07) is 3.49. The van der Waals surface area contributed by atoms with Crippen molar-refractivity contribution in [3.05, 3.63) is 61.8 Å². The van der Waals surface area contributed by atoms with Gasteiger partial charge in [-0.05, 0) is 36.3 Å². The summed E-state index contributed by atoms with van der Waals surface area (Å²) in [4.78, 5) is 19.3. The summed E-state index contributed by atoms with van der Waals surface area (Å²) >= 11 is 4.96. The third-order valence-corrected chi connectivity index (χ3v) is 3.72. The minimum atomic E-state index is -0.585. The number of aromatic amines is 2. The van der Waals surface area contributed by atoms with Crippen LogP contribution in [0.5, 0.6) is 0 Å². The maximum atomic E-state index is 13.2. The van der Waals surface area contributed by atoms with Crippen molar-refractivity contribution in [3.8, 4) is 0 Å². The minimum absolute atomic E-state index is 0.162. The van der Waals surface area contributed by atoms with Crippen LogP contribution in [0.15, 0.2) is 23.0 Å². The molecule has 0 saturated carbocycles. The lowest BCUT2D eigenvalue weighted by Crippen LogP contribution is -2.34. The van der Waals surface area contributed by atoms with Crippen molar-refractivity contribution >= 4 is 12.2 Å². The molecule has 0 unspecified atom stereocenters. The number of rotatable bonds is 2. The molecule has 0 aliphatic carbocycles. The van der Waals surface area contributed by atoms with E-state index in [0.29, 0.717) is 37.2 Å². The van der Waals surface area contributed by atoms with E-state index in [9.17, 15) is 13.6 Å². The second-order valence-corrected chi connectivity index (χ2v) is 5.51. The molecule has 0 fully saturated rings. The van der Waals surface area contributed by atoms with Gasteiger partial charge in [0.2, 0.25) is 0 Å². The van der Waals surface area contributed by atoms with Crippen molar-refractivity contribution in [3.63, 3.8) is 0 Å². The molecule has 21 heavy (non-hydrogen) atoms. The maximum absolute atomic E-state index is 13.2. The number of nitrogens with zero attached hydrogens (tertiary/aromatic N) is 1. The zero-order valence-corrected chi connectivity index (χ0v) is 11.9. The van der Waals surface area contributed by atoms with Crippen LogP contribution in [0.2, 0.25) is 0 Å². The Morgan fingerprint density at radius 2 is 1.90 bits per heavy atom. The van der Waals surface area contributed by atoms with Crippen molar-refractivity contribution in [2.24, 2.45) is 0 Å². The highest BCUT2D eigenvalue weighted by Gasteiger charge is 2.19. The molecule has 4 nitrogen and oxygen atoms in total. The van der Waals surface area contributed by atoms with Crippen LogP contribution in [0, 0.1) is 16.4 Å². The predicted octanol–water partition coefficient (Wildman–Crippen LogP) is 2.27. The van der Waals surface area contributed by atoms with E-state index in [4.69, 9.17) is 12.2 Å². The molecule has 0 amide bonds. The number of H-pyrrole nitrogens is 2. The Hall–Kier alpha value is -1.86. The molecule has 110 valence electrons. The zero-order valence-electron chi connectivity index (χ0n) is 11.1. The molecule has 0 bridgehead atoms. The molecule has 1 aliphatic heterocycles. The van der Waals surface area contributed by atoms with Gasteiger partial charge in [-0.1, -0.05) is 0 Å². The van der Waals surface area contributed by atoms with Gasteiger partial charge in [0.1, 0.15) is 11.6 Å². The van der Waals surface area contributed by atoms with Gasteiger partial charge in [-0.2, -0.15) is 0 Å². The fraction of sp³-hybridized carbons (Fsp3) is 0.286. The van der Waals surface area contributed by atoms with Crippen LogP contribution in [-0.4, -0.2) is 21.4 Å². The van der Waals surface area contributed by atoms with Crippen LogP contribution in [-0.2, 0) is 19.5 Å². The zero-order chi connectivity index (χ0) is 15.0. The van der Waals surface area contributed by atoms with E-state index in [-0.39, 0.29) is 10.3 Å². The minimum Gasteiger partial charge on any atom is -0.334 e. The Kier molecular flexibility index (Phi) is 3.69. The molecule has 7 heteroatoms. The highest BCUT2D eigenvalue weighted by molar-refractivity contribution is 7.71. The highest BCUT2D eigenvalue weighted by atomic mass is 32.1. The summed E-state index contributed by atoms with van der Waals surface area (Å²) in [5, 5.41) is 0. The normalized spacial score (nSPS) is 15.0. The van der Waals surface area contributed by atoms with Crippen molar-refractivity contribution in [1.29, 1.82) is 0 Å². The van der Waals surface area contributed by atoms with E-state index in [1.54, 1.807) is 0 Å². The Labute approximate surface area is 124 Å². The van der Waals surface area contributed by atoms with Crippen molar-refractivity contribution in [2.45, 2.75) is 19.5 Å². The monoisotopic (exact) mass is 309 g/mol. The first-order valence-corrected chi connectivity index (χ1v) is 6.94. The molecule has 0 spiro atoms. The number of hydrogen-bond acceptors (Lipinski definition) is 3. The van der Waals surface area contributed by atoms with Crippen molar-refractivity contribution in [1.82, 2.24) is 14.9 Å². The van der Waals surface area contributed by atoms with Crippen molar-refractivity contribution < 1.29 is 8.78 Å².